The third kappa shape index (κ3) is 3.66. The zero-order valence-corrected chi connectivity index (χ0v) is 8.76. The number of aliphatic carboxylic acids is 1. The van der Waals surface area contributed by atoms with E-state index in [4.69, 9.17) is 5.11 Å². The molecule has 0 amide bonds. The average Bonchev–Trinajstić information content (AvgIpc) is 2.14. The summed E-state index contributed by atoms with van der Waals surface area (Å²) >= 11 is 0. The van der Waals surface area contributed by atoms with E-state index in [0.29, 0.717) is 0 Å². The van der Waals surface area contributed by atoms with Crippen LogP contribution in [0.2, 0.25) is 0 Å². The first-order chi connectivity index (χ1) is 7.23. The van der Waals surface area contributed by atoms with Crippen LogP contribution in [-0.2, 0) is 4.79 Å². The molecule has 94 valence electrons. The van der Waals surface area contributed by atoms with Crippen LogP contribution in [0.1, 0.15) is 38.5 Å². The minimum absolute atomic E-state index is 0.0322. The molecule has 0 unspecified atom stereocenters. The molecule has 2 N–H and O–H groups in total. The summed E-state index contributed by atoms with van der Waals surface area (Å²) < 4.78 is 37.0. The van der Waals surface area contributed by atoms with Crippen molar-refractivity contribution in [2.45, 2.75) is 50.3 Å². The molecule has 16 heavy (non-hydrogen) atoms. The monoisotopic (exact) mass is 240 g/mol. The van der Waals surface area contributed by atoms with Crippen LogP contribution in [0.5, 0.6) is 0 Å². The molecule has 0 heterocycles. The van der Waals surface area contributed by atoms with Gasteiger partial charge < -0.3 is 10.2 Å². The molecular weight excluding hydrogens is 225 g/mol. The molecule has 1 aliphatic rings. The molecule has 1 rings (SSSR count). The number of carboxylic acid groups (broad SMARTS) is 1. The van der Waals surface area contributed by atoms with Gasteiger partial charge >= 0.3 is 12.1 Å². The van der Waals surface area contributed by atoms with Crippen LogP contribution in [-0.4, -0.2) is 28.0 Å². The summed E-state index contributed by atoms with van der Waals surface area (Å²) in [6, 6.07) is 0. The average molecular weight is 240 g/mol. The lowest BCUT2D eigenvalue weighted by atomic mass is 9.76. The van der Waals surface area contributed by atoms with Crippen molar-refractivity contribution in [3.05, 3.63) is 0 Å². The first-order valence-corrected chi connectivity index (χ1v) is 5.24. The van der Waals surface area contributed by atoms with Gasteiger partial charge in [-0.05, 0) is 32.1 Å². The summed E-state index contributed by atoms with van der Waals surface area (Å²) in [6.07, 6.45) is -4.53. The highest BCUT2D eigenvalue weighted by Gasteiger charge is 2.45. The molecule has 1 saturated carbocycles. The number of hydrogen-bond donors (Lipinski definition) is 2. The Kier molecular flexibility index (Phi) is 3.83. The maximum atomic E-state index is 12.3. The van der Waals surface area contributed by atoms with Gasteiger partial charge in [-0.1, -0.05) is 0 Å². The van der Waals surface area contributed by atoms with E-state index in [-0.39, 0.29) is 38.5 Å². The van der Waals surface area contributed by atoms with Crippen LogP contribution in [0.15, 0.2) is 0 Å². The number of carbonyl (C=O) groups is 1. The van der Waals surface area contributed by atoms with E-state index in [1.807, 2.05) is 0 Å². The molecule has 1 fully saturated rings. The first kappa shape index (κ1) is 13.3. The normalized spacial score (nSPS) is 31.4. The van der Waals surface area contributed by atoms with Crippen molar-refractivity contribution in [2.75, 3.05) is 0 Å². The fourth-order valence-electron chi connectivity index (χ4n) is 2.07. The van der Waals surface area contributed by atoms with Crippen LogP contribution < -0.4 is 0 Å². The van der Waals surface area contributed by atoms with Gasteiger partial charge in [-0.2, -0.15) is 13.2 Å². The van der Waals surface area contributed by atoms with Crippen molar-refractivity contribution in [1.82, 2.24) is 0 Å². The number of carboxylic acids is 1. The lowest BCUT2D eigenvalue weighted by molar-refractivity contribution is -0.193. The van der Waals surface area contributed by atoms with Gasteiger partial charge in [-0.15, -0.1) is 0 Å². The molecule has 6 heteroatoms. The third-order valence-corrected chi connectivity index (χ3v) is 3.18. The SMILES string of the molecule is O=C(O)CCC1(O)CCC(C(F)(F)F)CC1. The van der Waals surface area contributed by atoms with Gasteiger partial charge in [0.2, 0.25) is 0 Å². The standard InChI is InChI=1S/C10H15F3O3/c11-10(12,13)7-1-4-9(16,5-2-7)6-3-8(14)15/h7,16H,1-6H2,(H,14,15). The summed E-state index contributed by atoms with van der Waals surface area (Å²) in [5.74, 6) is -2.39. The van der Waals surface area contributed by atoms with Gasteiger partial charge in [0, 0.05) is 6.42 Å². The van der Waals surface area contributed by atoms with E-state index < -0.39 is 23.7 Å². The predicted molar refractivity (Wildman–Crippen MR) is 49.8 cm³/mol. The van der Waals surface area contributed by atoms with Crippen molar-refractivity contribution in [1.29, 1.82) is 0 Å². The number of hydrogen-bond acceptors (Lipinski definition) is 2. The Morgan fingerprint density at radius 3 is 2.19 bits per heavy atom. The minimum atomic E-state index is -4.20. The Labute approximate surface area is 91.3 Å². The maximum Gasteiger partial charge on any atom is 0.391 e. The summed E-state index contributed by atoms with van der Waals surface area (Å²) in [6.45, 7) is 0. The van der Waals surface area contributed by atoms with Gasteiger partial charge in [0.25, 0.3) is 0 Å². The van der Waals surface area contributed by atoms with Crippen LogP contribution in [0.25, 0.3) is 0 Å². The molecule has 0 radical (unpaired) electrons. The molecule has 0 aliphatic heterocycles. The molecule has 0 aromatic heterocycles. The van der Waals surface area contributed by atoms with E-state index in [1.165, 1.54) is 0 Å². The van der Waals surface area contributed by atoms with Crippen molar-refractivity contribution >= 4 is 5.97 Å². The molecular formula is C10H15F3O3. The molecule has 0 spiro atoms. The highest BCUT2D eigenvalue weighted by atomic mass is 19.4. The van der Waals surface area contributed by atoms with E-state index in [2.05, 4.69) is 0 Å². The molecule has 0 saturated heterocycles. The quantitative estimate of drug-likeness (QED) is 0.796. The Morgan fingerprint density at radius 1 is 1.31 bits per heavy atom. The van der Waals surface area contributed by atoms with E-state index in [0.717, 1.165) is 0 Å². The second kappa shape index (κ2) is 4.61. The summed E-state index contributed by atoms with van der Waals surface area (Å²) in [7, 11) is 0. The Hall–Kier alpha value is -0.780. The molecule has 0 aromatic rings. The number of rotatable bonds is 3. The molecule has 0 atom stereocenters. The van der Waals surface area contributed by atoms with Crippen LogP contribution >= 0.6 is 0 Å². The van der Waals surface area contributed by atoms with Crippen molar-refractivity contribution in [3.8, 4) is 0 Å². The van der Waals surface area contributed by atoms with Gasteiger partial charge in [0.05, 0.1) is 11.5 Å². The lowest BCUT2D eigenvalue weighted by Crippen LogP contribution is -2.38. The van der Waals surface area contributed by atoms with Crippen molar-refractivity contribution in [3.63, 3.8) is 0 Å². The summed E-state index contributed by atoms with van der Waals surface area (Å²) in [5.41, 5.74) is -1.22. The molecule has 1 aliphatic carbocycles. The Balaban J connectivity index is 2.44. The van der Waals surface area contributed by atoms with Crippen molar-refractivity contribution < 1.29 is 28.2 Å². The topological polar surface area (TPSA) is 57.5 Å². The summed E-state index contributed by atoms with van der Waals surface area (Å²) in [4.78, 5) is 10.3. The lowest BCUT2D eigenvalue weighted by Gasteiger charge is -2.36. The number of alkyl halides is 3. The van der Waals surface area contributed by atoms with Crippen molar-refractivity contribution in [2.24, 2.45) is 5.92 Å². The van der Waals surface area contributed by atoms with Crippen LogP contribution in [0, 0.1) is 5.92 Å². The predicted octanol–water partition coefficient (Wildman–Crippen LogP) is 2.33. The van der Waals surface area contributed by atoms with Crippen LogP contribution in [0.4, 0.5) is 13.2 Å². The first-order valence-electron chi connectivity index (χ1n) is 5.24. The fraction of sp³-hybridized carbons (Fsp3) is 0.900. The minimum Gasteiger partial charge on any atom is -0.481 e. The maximum absolute atomic E-state index is 12.3. The molecule has 3 nitrogen and oxygen atoms in total. The van der Waals surface area contributed by atoms with Gasteiger partial charge in [0.1, 0.15) is 0 Å². The molecule has 0 bridgehead atoms. The largest absolute Gasteiger partial charge is 0.481 e. The second-order valence-electron chi connectivity index (χ2n) is 4.43. The Morgan fingerprint density at radius 2 is 1.81 bits per heavy atom. The third-order valence-electron chi connectivity index (χ3n) is 3.18. The number of aliphatic hydroxyl groups is 1. The zero-order chi connectivity index (χ0) is 12.4. The number of halogens is 3. The Bertz CT molecular complexity index is 255. The highest BCUT2D eigenvalue weighted by molar-refractivity contribution is 5.66. The van der Waals surface area contributed by atoms with E-state index in [1.54, 1.807) is 0 Å². The van der Waals surface area contributed by atoms with Crippen LogP contribution in [0.3, 0.4) is 0 Å². The van der Waals surface area contributed by atoms with E-state index in [9.17, 15) is 23.1 Å². The smallest absolute Gasteiger partial charge is 0.391 e. The van der Waals surface area contributed by atoms with Gasteiger partial charge in [-0.25, -0.2) is 0 Å². The highest BCUT2D eigenvalue weighted by Crippen LogP contribution is 2.42. The van der Waals surface area contributed by atoms with Gasteiger partial charge in [0.15, 0.2) is 0 Å². The second-order valence-corrected chi connectivity index (χ2v) is 4.43. The van der Waals surface area contributed by atoms with E-state index >= 15 is 0 Å². The summed E-state index contributed by atoms with van der Waals surface area (Å²) in [5, 5.41) is 18.3. The zero-order valence-electron chi connectivity index (χ0n) is 8.76. The fourth-order valence-corrected chi connectivity index (χ4v) is 2.07. The van der Waals surface area contributed by atoms with Gasteiger partial charge in [-0.3, -0.25) is 4.79 Å². The molecule has 0 aromatic carbocycles.